The van der Waals surface area contributed by atoms with Crippen LogP contribution in [0, 0.1) is 5.92 Å². The molecule has 0 saturated heterocycles. The lowest BCUT2D eigenvalue weighted by Gasteiger charge is -2.07. The Labute approximate surface area is 74.6 Å². The van der Waals surface area contributed by atoms with E-state index in [0.717, 1.165) is 11.1 Å². The Hall–Kier alpha value is -0.790. The van der Waals surface area contributed by atoms with Gasteiger partial charge in [0.15, 0.2) is 0 Å². The molecule has 0 fully saturated rings. The highest BCUT2D eigenvalue weighted by Crippen LogP contribution is 2.05. The minimum absolute atomic E-state index is 0.191. The van der Waals surface area contributed by atoms with Gasteiger partial charge in [0.1, 0.15) is 0 Å². The zero-order chi connectivity index (χ0) is 9.72. The number of carbonyl (C=O) groups excluding carboxylic acids is 1. The quantitative estimate of drug-likeness (QED) is 0.480. The highest BCUT2D eigenvalue weighted by molar-refractivity contribution is 5.88. The van der Waals surface area contributed by atoms with Crippen LogP contribution in [-0.2, 0) is 9.53 Å². The predicted molar refractivity (Wildman–Crippen MR) is 49.8 cm³/mol. The fourth-order valence-electron chi connectivity index (χ4n) is 0.555. The fraction of sp³-hybridized carbons (Fsp3) is 0.700. The van der Waals surface area contributed by atoms with E-state index in [2.05, 4.69) is 0 Å². The first-order valence-corrected chi connectivity index (χ1v) is 4.26. The van der Waals surface area contributed by atoms with Crippen LogP contribution in [0.5, 0.6) is 0 Å². The second-order valence-electron chi connectivity index (χ2n) is 3.62. The van der Waals surface area contributed by atoms with E-state index in [1.165, 1.54) is 0 Å². The monoisotopic (exact) mass is 170 g/mol. The molecule has 70 valence electrons. The number of carbonyl (C=O) groups is 1. The lowest BCUT2D eigenvalue weighted by molar-refractivity contribution is -0.140. The molecule has 0 N–H and O–H groups in total. The molecule has 0 aromatic heterocycles. The predicted octanol–water partition coefficient (Wildman–Crippen LogP) is 2.54. The van der Waals surface area contributed by atoms with Crippen molar-refractivity contribution in [2.75, 3.05) is 6.61 Å². The first-order valence-electron chi connectivity index (χ1n) is 4.26. The first-order chi connectivity index (χ1) is 5.45. The molecular formula is C10H18O2. The van der Waals surface area contributed by atoms with Gasteiger partial charge in [0.2, 0.25) is 0 Å². The topological polar surface area (TPSA) is 26.3 Å². The molecule has 0 heterocycles. The summed E-state index contributed by atoms with van der Waals surface area (Å²) in [4.78, 5) is 11.2. The van der Waals surface area contributed by atoms with Gasteiger partial charge in [0.25, 0.3) is 0 Å². The second kappa shape index (κ2) is 4.96. The zero-order valence-corrected chi connectivity index (χ0v) is 8.60. The minimum Gasteiger partial charge on any atom is -0.462 e. The maximum Gasteiger partial charge on any atom is 0.333 e. The molecule has 0 aliphatic carbocycles. The molecule has 2 nitrogen and oxygen atoms in total. The van der Waals surface area contributed by atoms with Crippen molar-refractivity contribution in [2.45, 2.75) is 34.6 Å². The molecule has 0 aromatic rings. The van der Waals surface area contributed by atoms with Gasteiger partial charge in [0.05, 0.1) is 6.61 Å². The molecular weight excluding hydrogens is 152 g/mol. The third-order valence-corrected chi connectivity index (χ3v) is 1.60. The zero-order valence-electron chi connectivity index (χ0n) is 8.60. The van der Waals surface area contributed by atoms with E-state index in [1.807, 2.05) is 27.7 Å². The van der Waals surface area contributed by atoms with Gasteiger partial charge in [-0.25, -0.2) is 4.79 Å². The van der Waals surface area contributed by atoms with Crippen LogP contribution in [0.4, 0.5) is 0 Å². The molecule has 2 heteroatoms. The van der Waals surface area contributed by atoms with E-state index in [4.69, 9.17) is 4.74 Å². The van der Waals surface area contributed by atoms with Gasteiger partial charge in [0, 0.05) is 5.57 Å². The summed E-state index contributed by atoms with van der Waals surface area (Å²) in [5.74, 6) is 0.211. The third-order valence-electron chi connectivity index (χ3n) is 1.60. The van der Waals surface area contributed by atoms with Crippen LogP contribution in [0.15, 0.2) is 11.1 Å². The van der Waals surface area contributed by atoms with E-state index < -0.39 is 0 Å². The van der Waals surface area contributed by atoms with E-state index >= 15 is 0 Å². The SMILES string of the molecule is CC(C)=C(C)C(=O)OCC(C)C. The summed E-state index contributed by atoms with van der Waals surface area (Å²) in [6.45, 7) is 10.1. The van der Waals surface area contributed by atoms with Crippen molar-refractivity contribution >= 4 is 5.97 Å². The van der Waals surface area contributed by atoms with E-state index in [-0.39, 0.29) is 5.97 Å². The van der Waals surface area contributed by atoms with Gasteiger partial charge in [-0.3, -0.25) is 0 Å². The Morgan fingerprint density at radius 1 is 1.25 bits per heavy atom. The highest BCUT2D eigenvalue weighted by atomic mass is 16.5. The molecule has 0 bridgehead atoms. The number of allylic oxidation sites excluding steroid dienone is 1. The molecule has 0 aromatic carbocycles. The van der Waals surface area contributed by atoms with Gasteiger partial charge < -0.3 is 4.74 Å². The van der Waals surface area contributed by atoms with Gasteiger partial charge in [-0.15, -0.1) is 0 Å². The largest absolute Gasteiger partial charge is 0.462 e. The van der Waals surface area contributed by atoms with Crippen LogP contribution in [0.3, 0.4) is 0 Å². The van der Waals surface area contributed by atoms with Crippen molar-refractivity contribution in [3.05, 3.63) is 11.1 Å². The van der Waals surface area contributed by atoms with Crippen LogP contribution in [0.2, 0.25) is 0 Å². The van der Waals surface area contributed by atoms with Crippen LogP contribution < -0.4 is 0 Å². The fourth-order valence-corrected chi connectivity index (χ4v) is 0.555. The molecule has 12 heavy (non-hydrogen) atoms. The number of hydrogen-bond donors (Lipinski definition) is 0. The number of esters is 1. The molecule has 0 radical (unpaired) electrons. The van der Waals surface area contributed by atoms with Crippen molar-refractivity contribution in [3.8, 4) is 0 Å². The average Bonchev–Trinajstić information content (AvgIpc) is 1.98. The van der Waals surface area contributed by atoms with Crippen LogP contribution >= 0.6 is 0 Å². The standard InChI is InChI=1S/C10H18O2/c1-7(2)6-12-10(11)9(5)8(3)4/h7H,6H2,1-5H3. The summed E-state index contributed by atoms with van der Waals surface area (Å²) >= 11 is 0. The Morgan fingerprint density at radius 2 is 1.75 bits per heavy atom. The minimum atomic E-state index is -0.191. The molecule has 0 unspecified atom stereocenters. The van der Waals surface area contributed by atoms with Gasteiger partial charge in [-0.1, -0.05) is 19.4 Å². The maximum absolute atomic E-state index is 11.2. The van der Waals surface area contributed by atoms with Crippen molar-refractivity contribution in [2.24, 2.45) is 5.92 Å². The first kappa shape index (κ1) is 11.2. The van der Waals surface area contributed by atoms with E-state index in [9.17, 15) is 4.79 Å². The maximum atomic E-state index is 11.2. The Morgan fingerprint density at radius 3 is 2.08 bits per heavy atom. The molecule has 0 spiro atoms. The molecule has 0 amide bonds. The lowest BCUT2D eigenvalue weighted by Crippen LogP contribution is -2.11. The summed E-state index contributed by atoms with van der Waals surface area (Å²) in [5, 5.41) is 0. The Balaban J connectivity index is 3.98. The highest BCUT2D eigenvalue weighted by Gasteiger charge is 2.07. The number of hydrogen-bond acceptors (Lipinski definition) is 2. The molecule has 0 aliphatic heterocycles. The van der Waals surface area contributed by atoms with E-state index in [1.54, 1.807) is 6.92 Å². The average molecular weight is 170 g/mol. The second-order valence-corrected chi connectivity index (χ2v) is 3.62. The summed E-state index contributed by atoms with van der Waals surface area (Å²) in [6, 6.07) is 0. The normalized spacial score (nSPS) is 9.83. The van der Waals surface area contributed by atoms with Crippen molar-refractivity contribution in [1.82, 2.24) is 0 Å². The number of ether oxygens (including phenoxy) is 1. The van der Waals surface area contributed by atoms with Crippen molar-refractivity contribution in [3.63, 3.8) is 0 Å². The van der Waals surface area contributed by atoms with Crippen LogP contribution in [-0.4, -0.2) is 12.6 Å². The summed E-state index contributed by atoms with van der Waals surface area (Å²) in [5.41, 5.74) is 1.74. The molecule has 0 rings (SSSR count). The Bertz CT molecular complexity index is 186. The summed E-state index contributed by atoms with van der Waals surface area (Å²) < 4.78 is 5.03. The van der Waals surface area contributed by atoms with Crippen molar-refractivity contribution in [1.29, 1.82) is 0 Å². The molecule has 0 aliphatic rings. The lowest BCUT2D eigenvalue weighted by atomic mass is 10.2. The van der Waals surface area contributed by atoms with Gasteiger partial charge in [-0.2, -0.15) is 0 Å². The third kappa shape index (κ3) is 4.16. The summed E-state index contributed by atoms with van der Waals surface area (Å²) in [6.07, 6.45) is 0. The van der Waals surface area contributed by atoms with Crippen LogP contribution in [0.25, 0.3) is 0 Å². The molecule has 0 atom stereocenters. The van der Waals surface area contributed by atoms with Gasteiger partial charge in [-0.05, 0) is 26.7 Å². The number of rotatable bonds is 3. The smallest absolute Gasteiger partial charge is 0.333 e. The van der Waals surface area contributed by atoms with Crippen LogP contribution in [0.1, 0.15) is 34.6 Å². The van der Waals surface area contributed by atoms with Gasteiger partial charge >= 0.3 is 5.97 Å². The molecule has 0 saturated carbocycles. The summed E-state index contributed by atoms with van der Waals surface area (Å²) in [7, 11) is 0. The van der Waals surface area contributed by atoms with Crippen molar-refractivity contribution < 1.29 is 9.53 Å². The Kier molecular flexibility index (Phi) is 4.64. The van der Waals surface area contributed by atoms with E-state index in [0.29, 0.717) is 12.5 Å².